The van der Waals surface area contributed by atoms with Crippen LogP contribution in [0.5, 0.6) is 0 Å². The summed E-state index contributed by atoms with van der Waals surface area (Å²) in [6.45, 7) is 1.48. The quantitative estimate of drug-likeness (QED) is 0.445. The van der Waals surface area contributed by atoms with Gasteiger partial charge in [0, 0.05) is 14.0 Å². The third-order valence-electron chi connectivity index (χ3n) is 1.09. The number of carbonyl (C=O) groups is 2. The van der Waals surface area contributed by atoms with Crippen LogP contribution in [0.3, 0.4) is 0 Å². The van der Waals surface area contributed by atoms with Gasteiger partial charge < -0.3 is 10.2 Å². The third-order valence-corrected chi connectivity index (χ3v) is 2.12. The Morgan fingerprint density at radius 2 is 2.09 bits per heavy atom. The molecule has 0 fully saturated rings. The molecule has 0 unspecified atom stereocenters. The van der Waals surface area contributed by atoms with Crippen LogP contribution in [0, 0.1) is 0 Å². The molecule has 0 radical (unpaired) electrons. The Balaban J connectivity index is 3.60. The maximum atomic E-state index is 11.0. The number of likely N-dealkylation sites (N-methyl/N-ethyl adjacent to an activating group) is 1. The van der Waals surface area contributed by atoms with Gasteiger partial charge in [-0.1, -0.05) is 22.6 Å². The largest absolute Gasteiger partial charge is 0.347 e. The van der Waals surface area contributed by atoms with Crippen molar-refractivity contribution < 1.29 is 9.59 Å². The van der Waals surface area contributed by atoms with Crippen molar-refractivity contribution in [2.75, 3.05) is 18.1 Å². The number of nitrogens with zero attached hydrogens (tertiary/aromatic N) is 1. The van der Waals surface area contributed by atoms with E-state index in [2.05, 4.69) is 27.9 Å². The number of rotatable bonds is 3. The van der Waals surface area contributed by atoms with E-state index in [0.29, 0.717) is 4.55 Å². The van der Waals surface area contributed by atoms with Gasteiger partial charge in [-0.15, -0.1) is 0 Å². The van der Waals surface area contributed by atoms with Crippen molar-refractivity contribution in [3.63, 3.8) is 0 Å². The van der Waals surface area contributed by atoms with E-state index < -0.39 is 0 Å². The van der Waals surface area contributed by atoms with Crippen LogP contribution in [-0.4, -0.2) is 34.9 Å². The van der Waals surface area contributed by atoms with Gasteiger partial charge in [0.2, 0.25) is 11.8 Å². The van der Waals surface area contributed by atoms with Crippen molar-refractivity contribution >= 4 is 34.4 Å². The summed E-state index contributed by atoms with van der Waals surface area (Å²) in [6, 6.07) is 0. The van der Waals surface area contributed by atoms with Crippen LogP contribution < -0.4 is 5.32 Å². The number of amides is 2. The van der Waals surface area contributed by atoms with Crippen molar-refractivity contribution in [3.05, 3.63) is 0 Å². The smallest absolute Gasteiger partial charge is 0.242 e. The molecular formula is C6H11IN2O2. The Morgan fingerprint density at radius 1 is 1.55 bits per heavy atom. The molecule has 0 aliphatic carbocycles. The van der Waals surface area contributed by atoms with Gasteiger partial charge in [-0.25, -0.2) is 0 Å². The van der Waals surface area contributed by atoms with Gasteiger partial charge in [0.25, 0.3) is 0 Å². The Morgan fingerprint density at radius 3 is 2.45 bits per heavy atom. The first-order chi connectivity index (χ1) is 5.07. The highest BCUT2D eigenvalue weighted by molar-refractivity contribution is 14.1. The average molecular weight is 270 g/mol. The van der Waals surface area contributed by atoms with E-state index in [1.807, 2.05) is 0 Å². The molecule has 64 valence electrons. The van der Waals surface area contributed by atoms with Crippen molar-refractivity contribution in [2.24, 2.45) is 0 Å². The Hall–Kier alpha value is -0.330. The maximum Gasteiger partial charge on any atom is 0.242 e. The molecule has 0 saturated heterocycles. The van der Waals surface area contributed by atoms with Crippen LogP contribution in [-0.2, 0) is 9.59 Å². The highest BCUT2D eigenvalue weighted by atomic mass is 127. The molecule has 0 aliphatic rings. The fraction of sp³-hybridized carbons (Fsp3) is 0.667. The van der Waals surface area contributed by atoms with E-state index in [0.717, 1.165) is 0 Å². The van der Waals surface area contributed by atoms with E-state index in [1.165, 1.54) is 11.8 Å². The zero-order chi connectivity index (χ0) is 8.85. The molecule has 0 aromatic rings. The summed E-state index contributed by atoms with van der Waals surface area (Å²) < 4.78 is 0.635. The molecule has 0 heterocycles. The lowest BCUT2D eigenvalue weighted by molar-refractivity contribution is -0.130. The average Bonchev–Trinajstić information content (AvgIpc) is 1.98. The molecule has 0 rings (SSSR count). The molecule has 0 spiro atoms. The van der Waals surface area contributed by atoms with Crippen molar-refractivity contribution in [1.82, 2.24) is 10.2 Å². The topological polar surface area (TPSA) is 49.4 Å². The second kappa shape index (κ2) is 5.34. The van der Waals surface area contributed by atoms with Gasteiger partial charge in [-0.2, -0.15) is 0 Å². The lowest BCUT2D eigenvalue weighted by atomic mass is 10.5. The number of nitrogens with one attached hydrogen (secondary N) is 1. The molecule has 4 nitrogen and oxygen atoms in total. The SMILES string of the molecule is CC(=O)NCC(=O)N(C)CI. The standard InChI is InChI=1S/C6H11IN2O2/c1-5(10)8-3-6(11)9(2)4-7/h3-4H2,1-2H3,(H,8,10). The van der Waals surface area contributed by atoms with E-state index >= 15 is 0 Å². The summed E-state index contributed by atoms with van der Waals surface area (Å²) >= 11 is 2.08. The van der Waals surface area contributed by atoms with Gasteiger partial charge in [0.15, 0.2) is 0 Å². The Labute approximate surface area is 79.5 Å². The predicted molar refractivity (Wildman–Crippen MR) is 50.3 cm³/mol. The van der Waals surface area contributed by atoms with E-state index in [1.54, 1.807) is 7.05 Å². The van der Waals surface area contributed by atoms with Crippen LogP contribution >= 0.6 is 22.6 Å². The highest BCUT2D eigenvalue weighted by Crippen LogP contribution is 1.89. The lowest BCUT2D eigenvalue weighted by Crippen LogP contribution is -2.36. The summed E-state index contributed by atoms with van der Waals surface area (Å²) in [6.07, 6.45) is 0. The van der Waals surface area contributed by atoms with Gasteiger partial charge in [-0.05, 0) is 0 Å². The van der Waals surface area contributed by atoms with Gasteiger partial charge in [0.05, 0.1) is 11.1 Å². The van der Waals surface area contributed by atoms with Gasteiger partial charge in [0.1, 0.15) is 0 Å². The molecule has 0 aliphatic heterocycles. The molecule has 0 atom stereocenters. The lowest BCUT2D eigenvalue weighted by Gasteiger charge is -2.12. The summed E-state index contributed by atoms with van der Waals surface area (Å²) in [5.74, 6) is -0.255. The number of halogens is 1. The fourth-order valence-electron chi connectivity index (χ4n) is 0.402. The fourth-order valence-corrected chi connectivity index (χ4v) is 0.782. The van der Waals surface area contributed by atoms with Crippen LogP contribution in [0.2, 0.25) is 0 Å². The van der Waals surface area contributed by atoms with Gasteiger partial charge >= 0.3 is 0 Å². The Kier molecular flexibility index (Phi) is 5.18. The molecule has 2 amide bonds. The molecular weight excluding hydrogens is 259 g/mol. The molecule has 5 heteroatoms. The minimum Gasteiger partial charge on any atom is -0.347 e. The van der Waals surface area contributed by atoms with Crippen LogP contribution in [0.25, 0.3) is 0 Å². The number of hydrogen-bond acceptors (Lipinski definition) is 2. The van der Waals surface area contributed by atoms with E-state index in [-0.39, 0.29) is 18.4 Å². The first kappa shape index (κ1) is 10.7. The van der Waals surface area contributed by atoms with Crippen molar-refractivity contribution in [3.8, 4) is 0 Å². The van der Waals surface area contributed by atoms with E-state index in [9.17, 15) is 9.59 Å². The molecule has 11 heavy (non-hydrogen) atoms. The summed E-state index contributed by atoms with van der Waals surface area (Å²) in [4.78, 5) is 22.9. The predicted octanol–water partition coefficient (Wildman–Crippen LogP) is -0.0266. The van der Waals surface area contributed by atoms with Gasteiger partial charge in [-0.3, -0.25) is 9.59 Å². The molecule has 1 N–H and O–H groups in total. The van der Waals surface area contributed by atoms with E-state index in [4.69, 9.17) is 0 Å². The second-order valence-electron chi connectivity index (χ2n) is 2.12. The minimum atomic E-state index is -0.180. The first-order valence-electron chi connectivity index (χ1n) is 3.12. The zero-order valence-corrected chi connectivity index (χ0v) is 8.71. The van der Waals surface area contributed by atoms with Crippen LogP contribution in [0.1, 0.15) is 6.92 Å². The Bertz CT molecular complexity index is 161. The summed E-state index contributed by atoms with van der Waals surface area (Å²) in [7, 11) is 1.69. The molecule has 0 aromatic heterocycles. The van der Waals surface area contributed by atoms with Crippen LogP contribution in [0.15, 0.2) is 0 Å². The minimum absolute atomic E-state index is 0.0744. The highest BCUT2D eigenvalue weighted by Gasteiger charge is 2.05. The maximum absolute atomic E-state index is 11.0. The van der Waals surface area contributed by atoms with Crippen LogP contribution in [0.4, 0.5) is 0 Å². The van der Waals surface area contributed by atoms with Crippen molar-refractivity contribution in [2.45, 2.75) is 6.92 Å². The molecule has 0 saturated carbocycles. The van der Waals surface area contributed by atoms with Crippen molar-refractivity contribution in [1.29, 1.82) is 0 Å². The molecule has 0 aromatic carbocycles. The number of carbonyl (C=O) groups excluding carboxylic acids is 2. The zero-order valence-electron chi connectivity index (χ0n) is 6.56. The first-order valence-corrected chi connectivity index (χ1v) is 4.65. The number of hydrogen-bond donors (Lipinski definition) is 1. The second-order valence-corrected chi connectivity index (χ2v) is 2.80. The summed E-state index contributed by atoms with van der Waals surface area (Å²) in [5.41, 5.74) is 0. The monoisotopic (exact) mass is 270 g/mol. The normalized spacial score (nSPS) is 9.00. The summed E-state index contributed by atoms with van der Waals surface area (Å²) in [5, 5.41) is 2.43. The third kappa shape index (κ3) is 5.00. The molecule has 0 bridgehead atoms. The number of alkyl halides is 1.